The van der Waals surface area contributed by atoms with E-state index in [-0.39, 0.29) is 21.4 Å². The fourth-order valence-corrected chi connectivity index (χ4v) is 4.63. The first-order valence-corrected chi connectivity index (χ1v) is 12.1. The van der Waals surface area contributed by atoms with Gasteiger partial charge in [-0.3, -0.25) is 4.72 Å². The van der Waals surface area contributed by atoms with Crippen LogP contribution in [0.4, 0.5) is 11.6 Å². The molecule has 0 spiro atoms. The number of hydrogen-bond donors (Lipinski definition) is 2. The van der Waals surface area contributed by atoms with Crippen LogP contribution >= 0.6 is 11.8 Å². The summed E-state index contributed by atoms with van der Waals surface area (Å²) < 4.78 is 54.3. The zero-order valence-electron chi connectivity index (χ0n) is 14.6. The summed E-state index contributed by atoms with van der Waals surface area (Å²) in [7, 11) is -7.67. The molecule has 0 radical (unpaired) electrons. The zero-order chi connectivity index (χ0) is 20.2. The van der Waals surface area contributed by atoms with Crippen LogP contribution in [0.3, 0.4) is 0 Å². The van der Waals surface area contributed by atoms with Gasteiger partial charge in [0.25, 0.3) is 20.0 Å². The molecule has 0 unspecified atom stereocenters. The first-order valence-electron chi connectivity index (χ1n) is 7.87. The van der Waals surface area contributed by atoms with Gasteiger partial charge in [0.05, 0.1) is 9.79 Å². The second-order valence-corrected chi connectivity index (χ2v) is 9.73. The zero-order valence-corrected chi connectivity index (χ0v) is 17.1. The van der Waals surface area contributed by atoms with Gasteiger partial charge in [-0.25, -0.2) is 31.5 Å². The quantitative estimate of drug-likeness (QED) is 0.547. The Morgan fingerprint density at radius 1 is 0.750 bits per heavy atom. The second-order valence-electron chi connectivity index (χ2n) is 5.48. The van der Waals surface area contributed by atoms with Crippen molar-refractivity contribution in [3.05, 3.63) is 67.0 Å². The minimum Gasteiger partial charge on any atom is -0.280 e. The first-order chi connectivity index (χ1) is 13.3. The Bertz CT molecular complexity index is 1150. The summed E-state index contributed by atoms with van der Waals surface area (Å²) >= 11 is 1.51. The lowest BCUT2D eigenvalue weighted by molar-refractivity contribution is 0.599. The highest BCUT2D eigenvalue weighted by atomic mass is 32.2. The molecule has 0 aliphatic heterocycles. The van der Waals surface area contributed by atoms with Gasteiger partial charge in [-0.05, 0) is 60.9 Å². The summed E-state index contributed by atoms with van der Waals surface area (Å²) in [6.45, 7) is 0. The van der Waals surface area contributed by atoms with Crippen LogP contribution in [-0.4, -0.2) is 33.1 Å². The monoisotopic (exact) mass is 436 g/mol. The summed E-state index contributed by atoms with van der Waals surface area (Å²) in [5.41, 5.74) is 0.240. The summed E-state index contributed by atoms with van der Waals surface area (Å²) in [5, 5.41) is 0. The van der Waals surface area contributed by atoms with Crippen LogP contribution in [0.1, 0.15) is 0 Å². The molecule has 0 fully saturated rings. The van der Waals surface area contributed by atoms with E-state index in [4.69, 9.17) is 0 Å². The van der Waals surface area contributed by atoms with Gasteiger partial charge < -0.3 is 0 Å². The third-order valence-electron chi connectivity index (χ3n) is 3.58. The molecule has 8 nitrogen and oxygen atoms in total. The Hall–Kier alpha value is -2.63. The number of anilines is 2. The van der Waals surface area contributed by atoms with Crippen LogP contribution in [0, 0.1) is 0 Å². The molecule has 3 aromatic rings. The van der Waals surface area contributed by atoms with Crippen molar-refractivity contribution in [2.45, 2.75) is 14.7 Å². The Balaban J connectivity index is 1.76. The summed E-state index contributed by atoms with van der Waals surface area (Å²) in [6.07, 6.45) is 4.72. The van der Waals surface area contributed by atoms with Gasteiger partial charge in [-0.1, -0.05) is 0 Å². The van der Waals surface area contributed by atoms with Crippen molar-refractivity contribution in [3.63, 3.8) is 0 Å². The highest BCUT2D eigenvalue weighted by molar-refractivity contribution is 7.98. The van der Waals surface area contributed by atoms with E-state index >= 15 is 0 Å². The van der Waals surface area contributed by atoms with E-state index in [0.717, 1.165) is 4.90 Å². The number of hydrogen-bond acceptors (Lipinski definition) is 7. The lowest BCUT2D eigenvalue weighted by atomic mass is 10.3. The fourth-order valence-electron chi connectivity index (χ4n) is 2.20. The molecule has 11 heteroatoms. The van der Waals surface area contributed by atoms with Crippen molar-refractivity contribution in [1.82, 2.24) is 9.97 Å². The number of rotatable bonds is 7. The van der Waals surface area contributed by atoms with Gasteiger partial charge in [0.15, 0.2) is 0 Å². The maximum absolute atomic E-state index is 12.5. The van der Waals surface area contributed by atoms with Gasteiger partial charge in [0, 0.05) is 23.0 Å². The molecule has 1 aromatic heterocycles. The molecule has 0 aliphatic carbocycles. The number of sulfonamides is 2. The van der Waals surface area contributed by atoms with Crippen LogP contribution in [0.5, 0.6) is 0 Å². The molecule has 1 heterocycles. The van der Waals surface area contributed by atoms with Crippen molar-refractivity contribution < 1.29 is 16.8 Å². The van der Waals surface area contributed by atoms with Gasteiger partial charge in [0.2, 0.25) is 5.95 Å². The number of nitrogens with zero attached hydrogens (tertiary/aromatic N) is 2. The van der Waals surface area contributed by atoms with Crippen molar-refractivity contribution in [1.29, 1.82) is 0 Å². The molecule has 0 atom stereocenters. The molecule has 2 aromatic carbocycles. The topological polar surface area (TPSA) is 118 Å². The Morgan fingerprint density at radius 3 is 1.79 bits per heavy atom. The molecule has 2 N–H and O–H groups in total. The lowest BCUT2D eigenvalue weighted by Crippen LogP contribution is -2.15. The smallest absolute Gasteiger partial charge is 0.264 e. The first kappa shape index (κ1) is 20.1. The maximum Gasteiger partial charge on any atom is 0.264 e. The van der Waals surface area contributed by atoms with Crippen molar-refractivity contribution in [2.24, 2.45) is 0 Å². The predicted molar refractivity (Wildman–Crippen MR) is 108 cm³/mol. The lowest BCUT2D eigenvalue weighted by Gasteiger charge is -2.10. The molecule has 28 heavy (non-hydrogen) atoms. The Kier molecular flexibility index (Phi) is 5.87. The van der Waals surface area contributed by atoms with E-state index in [1.54, 1.807) is 18.2 Å². The Morgan fingerprint density at radius 2 is 1.25 bits per heavy atom. The highest BCUT2D eigenvalue weighted by Gasteiger charge is 2.17. The van der Waals surface area contributed by atoms with Crippen molar-refractivity contribution in [3.8, 4) is 0 Å². The van der Waals surface area contributed by atoms with Crippen LogP contribution in [0.2, 0.25) is 0 Å². The van der Waals surface area contributed by atoms with Crippen LogP contribution in [0.25, 0.3) is 0 Å². The average molecular weight is 437 g/mol. The van der Waals surface area contributed by atoms with Gasteiger partial charge in [-0.15, -0.1) is 11.8 Å². The number of nitrogens with one attached hydrogen (secondary N) is 2. The van der Waals surface area contributed by atoms with E-state index in [9.17, 15) is 16.8 Å². The summed E-state index contributed by atoms with van der Waals surface area (Å²) in [5.74, 6) is -0.0547. The molecular weight excluding hydrogens is 420 g/mol. The third-order valence-corrected chi connectivity index (χ3v) is 7.06. The molecule has 0 bridgehead atoms. The van der Waals surface area contributed by atoms with Crippen LogP contribution in [-0.2, 0) is 20.0 Å². The average Bonchev–Trinajstić information content (AvgIpc) is 2.68. The number of aromatic nitrogens is 2. The van der Waals surface area contributed by atoms with E-state index in [0.29, 0.717) is 0 Å². The van der Waals surface area contributed by atoms with E-state index < -0.39 is 20.0 Å². The normalized spacial score (nSPS) is 11.8. The Labute approximate surface area is 167 Å². The van der Waals surface area contributed by atoms with E-state index in [1.165, 1.54) is 60.6 Å². The number of thioether (sulfide) groups is 1. The molecular formula is C17H16N4O4S3. The maximum atomic E-state index is 12.5. The second kappa shape index (κ2) is 8.17. The highest BCUT2D eigenvalue weighted by Crippen LogP contribution is 2.21. The number of benzene rings is 2. The van der Waals surface area contributed by atoms with E-state index in [2.05, 4.69) is 19.4 Å². The molecule has 0 amide bonds. The molecule has 0 aliphatic rings. The van der Waals surface area contributed by atoms with Crippen LogP contribution < -0.4 is 9.44 Å². The standard InChI is InChI=1S/C17H16N4O4S3/c1-26-14-5-9-16(10-6-14)27(22,23)20-13-3-7-15(8-4-13)28(24,25)21-17-18-11-2-12-19-17/h2-12,20H,1H3,(H,18,19,21). The van der Waals surface area contributed by atoms with Crippen molar-refractivity contribution in [2.75, 3.05) is 15.7 Å². The third kappa shape index (κ3) is 4.80. The van der Waals surface area contributed by atoms with Gasteiger partial charge in [0.1, 0.15) is 0 Å². The minimum atomic E-state index is -3.89. The summed E-state index contributed by atoms with van der Waals surface area (Å²) in [4.78, 5) is 8.63. The molecule has 0 saturated carbocycles. The predicted octanol–water partition coefficient (Wildman–Crippen LogP) is 2.80. The minimum absolute atomic E-state index is 0.0489. The summed E-state index contributed by atoms with van der Waals surface area (Å²) in [6, 6.07) is 13.3. The molecule has 146 valence electrons. The van der Waals surface area contributed by atoms with Crippen molar-refractivity contribution >= 4 is 43.4 Å². The van der Waals surface area contributed by atoms with E-state index in [1.807, 2.05) is 6.26 Å². The molecule has 0 saturated heterocycles. The largest absolute Gasteiger partial charge is 0.280 e. The van der Waals surface area contributed by atoms with Gasteiger partial charge >= 0.3 is 0 Å². The van der Waals surface area contributed by atoms with Crippen LogP contribution in [0.15, 0.2) is 81.7 Å². The fraction of sp³-hybridized carbons (Fsp3) is 0.0588. The SMILES string of the molecule is CSc1ccc(S(=O)(=O)Nc2ccc(S(=O)(=O)Nc3ncccn3)cc2)cc1. The van der Waals surface area contributed by atoms with Gasteiger partial charge in [-0.2, -0.15) is 0 Å². The molecule has 3 rings (SSSR count).